The van der Waals surface area contributed by atoms with Gasteiger partial charge < -0.3 is 4.90 Å². The van der Waals surface area contributed by atoms with Crippen molar-refractivity contribution in [3.05, 3.63) is 30.1 Å². The number of aromatic nitrogens is 2. The molecule has 4 heteroatoms. The quantitative estimate of drug-likeness (QED) is 0.666. The summed E-state index contributed by atoms with van der Waals surface area (Å²) in [5.74, 6) is 0.766. The molecule has 2 heterocycles. The number of hydrogen-bond acceptors (Lipinski definition) is 3. The maximum Gasteiger partial charge on any atom is 0.210 e. The van der Waals surface area contributed by atoms with E-state index in [0.717, 1.165) is 17.8 Å². The van der Waals surface area contributed by atoms with Gasteiger partial charge in [-0.3, -0.25) is 9.20 Å². The summed E-state index contributed by atoms with van der Waals surface area (Å²) in [4.78, 5) is 16.9. The molecule has 14 heavy (non-hydrogen) atoms. The van der Waals surface area contributed by atoms with Crippen molar-refractivity contribution in [1.29, 1.82) is 0 Å². The highest BCUT2D eigenvalue weighted by atomic mass is 16.1. The molecular formula is C10H11N3O. The Hall–Kier alpha value is -1.84. The molecule has 0 saturated carbocycles. The predicted octanol–water partition coefficient (Wildman–Crippen LogP) is 1.21. The first-order valence-electron chi connectivity index (χ1n) is 4.33. The Balaban J connectivity index is 2.79. The van der Waals surface area contributed by atoms with E-state index in [-0.39, 0.29) is 0 Å². The van der Waals surface area contributed by atoms with Gasteiger partial charge in [0.2, 0.25) is 5.95 Å². The van der Waals surface area contributed by atoms with Crippen LogP contribution in [0.15, 0.2) is 24.4 Å². The molecule has 0 N–H and O–H groups in total. The minimum Gasteiger partial charge on any atom is -0.348 e. The minimum absolute atomic E-state index is 0.481. The fourth-order valence-corrected chi connectivity index (χ4v) is 1.45. The molecule has 2 aromatic heterocycles. The van der Waals surface area contributed by atoms with Crippen molar-refractivity contribution in [1.82, 2.24) is 9.38 Å². The van der Waals surface area contributed by atoms with Crippen molar-refractivity contribution in [2.24, 2.45) is 0 Å². The van der Waals surface area contributed by atoms with Crippen molar-refractivity contribution in [2.45, 2.75) is 0 Å². The number of aldehydes is 1. The monoisotopic (exact) mass is 189 g/mol. The smallest absolute Gasteiger partial charge is 0.210 e. The summed E-state index contributed by atoms with van der Waals surface area (Å²) >= 11 is 0. The van der Waals surface area contributed by atoms with Crippen molar-refractivity contribution in [3.63, 3.8) is 0 Å². The second-order valence-corrected chi connectivity index (χ2v) is 3.27. The van der Waals surface area contributed by atoms with Crippen LogP contribution in [0.3, 0.4) is 0 Å². The Bertz CT molecular complexity index is 473. The van der Waals surface area contributed by atoms with Crippen molar-refractivity contribution in [2.75, 3.05) is 19.0 Å². The molecule has 0 aliphatic carbocycles. The lowest BCUT2D eigenvalue weighted by Gasteiger charge is -2.09. The number of rotatable bonds is 2. The predicted molar refractivity (Wildman–Crippen MR) is 54.9 cm³/mol. The van der Waals surface area contributed by atoms with Crippen molar-refractivity contribution >= 4 is 17.8 Å². The summed E-state index contributed by atoms with van der Waals surface area (Å²) in [5, 5.41) is 0. The molecular weight excluding hydrogens is 178 g/mol. The first-order valence-corrected chi connectivity index (χ1v) is 4.33. The molecule has 2 rings (SSSR count). The van der Waals surface area contributed by atoms with E-state index in [1.54, 1.807) is 0 Å². The van der Waals surface area contributed by atoms with E-state index in [4.69, 9.17) is 0 Å². The summed E-state index contributed by atoms with van der Waals surface area (Å²) in [5.41, 5.74) is 1.32. The van der Waals surface area contributed by atoms with Crippen molar-refractivity contribution < 1.29 is 4.79 Å². The molecule has 0 spiro atoms. The third-order valence-corrected chi connectivity index (χ3v) is 2.07. The van der Waals surface area contributed by atoms with Gasteiger partial charge in [-0.15, -0.1) is 0 Å². The molecule has 4 nitrogen and oxygen atoms in total. The molecule has 72 valence electrons. The van der Waals surface area contributed by atoms with Gasteiger partial charge in [0, 0.05) is 20.3 Å². The molecule has 0 radical (unpaired) electrons. The average molecular weight is 189 g/mol. The van der Waals surface area contributed by atoms with Gasteiger partial charge in [-0.25, -0.2) is 4.98 Å². The van der Waals surface area contributed by atoms with Gasteiger partial charge in [0.25, 0.3) is 0 Å². The average Bonchev–Trinajstić information content (AvgIpc) is 2.56. The van der Waals surface area contributed by atoms with Crippen LogP contribution in [-0.4, -0.2) is 29.8 Å². The normalized spacial score (nSPS) is 10.4. The number of pyridine rings is 1. The molecule has 0 fully saturated rings. The van der Waals surface area contributed by atoms with E-state index in [1.807, 2.05) is 47.8 Å². The van der Waals surface area contributed by atoms with Crippen LogP contribution in [0.4, 0.5) is 5.95 Å². The van der Waals surface area contributed by atoms with Gasteiger partial charge in [-0.05, 0) is 12.1 Å². The van der Waals surface area contributed by atoms with E-state index < -0.39 is 0 Å². The zero-order valence-corrected chi connectivity index (χ0v) is 8.14. The molecule has 0 aliphatic rings. The fourth-order valence-electron chi connectivity index (χ4n) is 1.45. The maximum absolute atomic E-state index is 10.8. The third-order valence-electron chi connectivity index (χ3n) is 2.07. The summed E-state index contributed by atoms with van der Waals surface area (Å²) in [6, 6.07) is 5.68. The molecule has 0 aliphatic heterocycles. The Morgan fingerprint density at radius 3 is 2.86 bits per heavy atom. The zero-order valence-electron chi connectivity index (χ0n) is 8.14. The summed E-state index contributed by atoms with van der Waals surface area (Å²) in [7, 11) is 3.80. The number of imidazole rings is 1. The largest absolute Gasteiger partial charge is 0.348 e. The van der Waals surface area contributed by atoms with E-state index in [1.165, 1.54) is 0 Å². The number of carbonyl (C=O) groups excluding carboxylic acids is 1. The second kappa shape index (κ2) is 3.14. The molecule has 0 atom stereocenters. The number of fused-ring (bicyclic) bond motifs is 1. The standard InChI is InChI=1S/C10H11N3O/c1-12(2)10-11-8(7-14)9-5-3-4-6-13(9)10/h3-7H,1-2H3. The Kier molecular flexibility index (Phi) is 1.96. The lowest BCUT2D eigenvalue weighted by molar-refractivity contribution is 0.112. The minimum atomic E-state index is 0.481. The number of anilines is 1. The first-order chi connectivity index (χ1) is 6.74. The fraction of sp³-hybridized carbons (Fsp3) is 0.200. The maximum atomic E-state index is 10.8. The first kappa shape index (κ1) is 8.74. The van der Waals surface area contributed by atoms with Crippen LogP contribution < -0.4 is 4.90 Å². The van der Waals surface area contributed by atoms with Crippen LogP contribution in [0, 0.1) is 0 Å². The summed E-state index contributed by atoms with van der Waals surface area (Å²) in [6.45, 7) is 0. The number of hydrogen-bond donors (Lipinski definition) is 0. The SMILES string of the molecule is CN(C)c1nc(C=O)c2ccccn12. The van der Waals surface area contributed by atoms with Gasteiger partial charge in [0.05, 0.1) is 5.52 Å². The number of carbonyl (C=O) groups is 1. The lowest BCUT2D eigenvalue weighted by atomic mass is 10.3. The molecule has 0 amide bonds. The lowest BCUT2D eigenvalue weighted by Crippen LogP contribution is -2.12. The van der Waals surface area contributed by atoms with Crippen molar-refractivity contribution in [3.8, 4) is 0 Å². The van der Waals surface area contributed by atoms with Gasteiger partial charge in [-0.1, -0.05) is 6.07 Å². The highest BCUT2D eigenvalue weighted by Crippen LogP contribution is 2.16. The zero-order chi connectivity index (χ0) is 10.1. The van der Waals surface area contributed by atoms with Crippen LogP contribution in [0.5, 0.6) is 0 Å². The second-order valence-electron chi connectivity index (χ2n) is 3.27. The summed E-state index contributed by atoms with van der Waals surface area (Å²) in [6.07, 6.45) is 2.67. The van der Waals surface area contributed by atoms with Crippen LogP contribution in [0.1, 0.15) is 10.5 Å². The van der Waals surface area contributed by atoms with Crippen LogP contribution in [-0.2, 0) is 0 Å². The Morgan fingerprint density at radius 1 is 1.43 bits per heavy atom. The Morgan fingerprint density at radius 2 is 2.21 bits per heavy atom. The molecule has 0 aromatic carbocycles. The summed E-state index contributed by atoms with van der Waals surface area (Å²) < 4.78 is 1.89. The third kappa shape index (κ3) is 1.16. The van der Waals surface area contributed by atoms with Gasteiger partial charge in [0.15, 0.2) is 6.29 Å². The van der Waals surface area contributed by atoms with Crippen LogP contribution in [0.25, 0.3) is 5.52 Å². The van der Waals surface area contributed by atoms with Gasteiger partial charge >= 0.3 is 0 Å². The van der Waals surface area contributed by atoms with Gasteiger partial charge in [0.1, 0.15) is 5.69 Å². The van der Waals surface area contributed by atoms with Crippen LogP contribution >= 0.6 is 0 Å². The van der Waals surface area contributed by atoms with E-state index >= 15 is 0 Å². The van der Waals surface area contributed by atoms with E-state index in [0.29, 0.717) is 5.69 Å². The van der Waals surface area contributed by atoms with Crippen LogP contribution in [0.2, 0.25) is 0 Å². The van der Waals surface area contributed by atoms with Gasteiger partial charge in [-0.2, -0.15) is 0 Å². The molecule has 0 bridgehead atoms. The molecule has 0 saturated heterocycles. The Labute approximate surface area is 81.8 Å². The highest BCUT2D eigenvalue weighted by Gasteiger charge is 2.10. The number of nitrogens with zero attached hydrogens (tertiary/aromatic N) is 3. The van der Waals surface area contributed by atoms with E-state index in [2.05, 4.69) is 4.98 Å². The molecule has 0 unspecified atom stereocenters. The molecule has 2 aromatic rings. The topological polar surface area (TPSA) is 37.6 Å². The highest BCUT2D eigenvalue weighted by molar-refractivity contribution is 5.85. The van der Waals surface area contributed by atoms with E-state index in [9.17, 15) is 4.79 Å².